The Bertz CT molecular complexity index is 358. The number of nitrogens with zero attached hydrogens (tertiary/aromatic N) is 2. The van der Waals surface area contributed by atoms with Crippen LogP contribution in [-0.4, -0.2) is 26.8 Å². The molecule has 0 aliphatic carbocycles. The molecule has 0 atom stereocenters. The molecule has 0 saturated carbocycles. The molecule has 0 radical (unpaired) electrons. The predicted octanol–water partition coefficient (Wildman–Crippen LogP) is 0.456. The van der Waals surface area contributed by atoms with Crippen LogP contribution < -0.4 is 5.32 Å². The Morgan fingerprint density at radius 2 is 2.36 bits per heavy atom. The van der Waals surface area contributed by atoms with Crippen LogP contribution in [0.25, 0.3) is 0 Å². The Hall–Kier alpha value is -1.92. The second kappa shape index (κ2) is 3.86. The van der Waals surface area contributed by atoms with Gasteiger partial charge in [-0.2, -0.15) is 0 Å². The number of aromatic amines is 1. The standard InChI is InChI=1S/C7H10N4O3/c1-4(2)10-7(12)5-6(11(13)14)9-3-8-5/h3-4H,1-2H3,(H,8,9)(H,10,12). The molecule has 0 bridgehead atoms. The number of nitrogens with one attached hydrogen (secondary N) is 2. The molecule has 0 spiro atoms. The minimum absolute atomic E-state index is 0.0844. The van der Waals surface area contributed by atoms with E-state index in [9.17, 15) is 14.9 Å². The molecule has 0 aromatic carbocycles. The van der Waals surface area contributed by atoms with Crippen LogP contribution >= 0.6 is 0 Å². The normalized spacial score (nSPS) is 10.2. The van der Waals surface area contributed by atoms with Crippen molar-refractivity contribution in [2.45, 2.75) is 19.9 Å². The molecule has 76 valence electrons. The number of aromatic nitrogens is 2. The first-order chi connectivity index (χ1) is 6.52. The zero-order chi connectivity index (χ0) is 10.7. The number of rotatable bonds is 3. The van der Waals surface area contributed by atoms with Crippen molar-refractivity contribution < 1.29 is 9.72 Å². The summed E-state index contributed by atoms with van der Waals surface area (Å²) in [6, 6.07) is -0.0844. The highest BCUT2D eigenvalue weighted by atomic mass is 16.6. The van der Waals surface area contributed by atoms with Gasteiger partial charge in [-0.25, -0.2) is 9.97 Å². The Morgan fingerprint density at radius 3 is 2.86 bits per heavy atom. The lowest BCUT2D eigenvalue weighted by molar-refractivity contribution is -0.389. The Labute approximate surface area is 79.7 Å². The third kappa shape index (κ3) is 2.06. The van der Waals surface area contributed by atoms with E-state index in [0.717, 1.165) is 6.33 Å². The van der Waals surface area contributed by atoms with Gasteiger partial charge in [0.05, 0.1) is 0 Å². The Morgan fingerprint density at radius 1 is 1.71 bits per heavy atom. The van der Waals surface area contributed by atoms with E-state index < -0.39 is 10.8 Å². The van der Waals surface area contributed by atoms with Gasteiger partial charge in [0.25, 0.3) is 5.91 Å². The van der Waals surface area contributed by atoms with Gasteiger partial charge in [-0.05, 0) is 18.8 Å². The van der Waals surface area contributed by atoms with Crippen LogP contribution in [0.5, 0.6) is 0 Å². The minimum atomic E-state index is -0.678. The van der Waals surface area contributed by atoms with Crippen molar-refractivity contribution >= 4 is 11.7 Å². The molecule has 1 rings (SSSR count). The zero-order valence-electron chi connectivity index (χ0n) is 7.77. The van der Waals surface area contributed by atoms with Crippen LogP contribution in [0.15, 0.2) is 6.33 Å². The molecule has 0 aliphatic heterocycles. The van der Waals surface area contributed by atoms with E-state index in [1.165, 1.54) is 0 Å². The van der Waals surface area contributed by atoms with Crippen molar-refractivity contribution in [3.05, 3.63) is 22.1 Å². The van der Waals surface area contributed by atoms with Crippen LogP contribution in [0.4, 0.5) is 5.82 Å². The molecule has 0 saturated heterocycles. The molecule has 1 amide bonds. The fourth-order valence-electron chi connectivity index (χ4n) is 0.923. The second-order valence-electron chi connectivity index (χ2n) is 2.99. The number of nitro groups is 1. The van der Waals surface area contributed by atoms with Gasteiger partial charge >= 0.3 is 5.82 Å². The summed E-state index contributed by atoms with van der Waals surface area (Å²) in [5, 5.41) is 12.9. The summed E-state index contributed by atoms with van der Waals surface area (Å²) in [6.45, 7) is 3.52. The maximum absolute atomic E-state index is 11.3. The Kier molecular flexibility index (Phi) is 2.80. The SMILES string of the molecule is CC(C)NC(=O)c1nc[nH]c1[N+](=O)[O-]. The highest BCUT2D eigenvalue weighted by molar-refractivity contribution is 5.95. The van der Waals surface area contributed by atoms with Crippen molar-refractivity contribution in [1.82, 2.24) is 15.3 Å². The highest BCUT2D eigenvalue weighted by Gasteiger charge is 2.22. The van der Waals surface area contributed by atoms with Gasteiger partial charge in [-0.3, -0.25) is 4.79 Å². The van der Waals surface area contributed by atoms with E-state index in [4.69, 9.17) is 0 Å². The smallest absolute Gasteiger partial charge is 0.353 e. The number of amides is 1. The van der Waals surface area contributed by atoms with E-state index >= 15 is 0 Å². The number of carbonyl (C=O) groups is 1. The molecule has 1 aromatic heterocycles. The summed E-state index contributed by atoms with van der Waals surface area (Å²) in [7, 11) is 0. The largest absolute Gasteiger partial charge is 0.358 e. The second-order valence-corrected chi connectivity index (χ2v) is 2.99. The number of imidazole rings is 1. The molecular weight excluding hydrogens is 188 g/mol. The lowest BCUT2D eigenvalue weighted by Crippen LogP contribution is -2.30. The van der Waals surface area contributed by atoms with Gasteiger partial charge in [0.1, 0.15) is 0 Å². The Balaban J connectivity index is 2.90. The van der Waals surface area contributed by atoms with Gasteiger partial charge in [-0.1, -0.05) is 0 Å². The summed E-state index contributed by atoms with van der Waals surface area (Å²) in [5.41, 5.74) is -0.191. The number of carbonyl (C=O) groups excluding carboxylic acids is 1. The molecule has 1 aromatic rings. The van der Waals surface area contributed by atoms with E-state index in [2.05, 4.69) is 15.3 Å². The van der Waals surface area contributed by atoms with Crippen LogP contribution in [0.2, 0.25) is 0 Å². The van der Waals surface area contributed by atoms with E-state index in [1.807, 2.05) is 0 Å². The number of hydrogen-bond acceptors (Lipinski definition) is 4. The monoisotopic (exact) mass is 198 g/mol. The minimum Gasteiger partial charge on any atom is -0.358 e. The average molecular weight is 198 g/mol. The summed E-state index contributed by atoms with van der Waals surface area (Å²) in [6.07, 6.45) is 1.12. The van der Waals surface area contributed by atoms with Crippen molar-refractivity contribution in [3.63, 3.8) is 0 Å². The van der Waals surface area contributed by atoms with E-state index in [-0.39, 0.29) is 17.6 Å². The number of hydrogen-bond donors (Lipinski definition) is 2. The molecular formula is C7H10N4O3. The van der Waals surface area contributed by atoms with Crippen molar-refractivity contribution in [3.8, 4) is 0 Å². The first-order valence-electron chi connectivity index (χ1n) is 4.01. The lowest BCUT2D eigenvalue weighted by Gasteiger charge is -2.05. The van der Waals surface area contributed by atoms with Crippen LogP contribution in [0, 0.1) is 10.1 Å². The summed E-state index contributed by atoms with van der Waals surface area (Å²) < 4.78 is 0. The first kappa shape index (κ1) is 10.2. The van der Waals surface area contributed by atoms with Gasteiger partial charge < -0.3 is 15.4 Å². The maximum Gasteiger partial charge on any atom is 0.353 e. The molecule has 7 heteroatoms. The predicted molar refractivity (Wildman–Crippen MR) is 47.8 cm³/mol. The molecule has 7 nitrogen and oxygen atoms in total. The van der Waals surface area contributed by atoms with Gasteiger partial charge in [-0.15, -0.1) is 0 Å². The first-order valence-corrected chi connectivity index (χ1v) is 4.01. The fourth-order valence-corrected chi connectivity index (χ4v) is 0.923. The fraction of sp³-hybridized carbons (Fsp3) is 0.429. The third-order valence-corrected chi connectivity index (χ3v) is 1.44. The molecule has 0 unspecified atom stereocenters. The van der Waals surface area contributed by atoms with Gasteiger partial charge in [0, 0.05) is 6.04 Å². The summed E-state index contributed by atoms with van der Waals surface area (Å²) >= 11 is 0. The van der Waals surface area contributed by atoms with Crippen molar-refractivity contribution in [2.75, 3.05) is 0 Å². The summed E-state index contributed by atoms with van der Waals surface area (Å²) in [4.78, 5) is 27.0. The van der Waals surface area contributed by atoms with Gasteiger partial charge in [0.2, 0.25) is 5.69 Å². The van der Waals surface area contributed by atoms with E-state index in [1.54, 1.807) is 13.8 Å². The lowest BCUT2D eigenvalue weighted by atomic mass is 10.3. The van der Waals surface area contributed by atoms with Crippen molar-refractivity contribution in [1.29, 1.82) is 0 Å². The molecule has 14 heavy (non-hydrogen) atoms. The van der Waals surface area contributed by atoms with Crippen LogP contribution in [-0.2, 0) is 0 Å². The highest BCUT2D eigenvalue weighted by Crippen LogP contribution is 2.11. The van der Waals surface area contributed by atoms with E-state index in [0.29, 0.717) is 0 Å². The third-order valence-electron chi connectivity index (χ3n) is 1.44. The summed E-state index contributed by atoms with van der Waals surface area (Å²) in [5.74, 6) is -0.934. The number of H-pyrrole nitrogens is 1. The van der Waals surface area contributed by atoms with Crippen LogP contribution in [0.1, 0.15) is 24.3 Å². The maximum atomic E-state index is 11.3. The quantitative estimate of drug-likeness (QED) is 0.544. The van der Waals surface area contributed by atoms with Gasteiger partial charge in [0.15, 0.2) is 6.33 Å². The van der Waals surface area contributed by atoms with Crippen LogP contribution in [0.3, 0.4) is 0 Å². The molecule has 0 fully saturated rings. The molecule has 1 heterocycles. The van der Waals surface area contributed by atoms with Crippen molar-refractivity contribution in [2.24, 2.45) is 0 Å². The molecule has 2 N–H and O–H groups in total. The zero-order valence-corrected chi connectivity index (χ0v) is 7.77. The topological polar surface area (TPSA) is 101 Å². The average Bonchev–Trinajstić information content (AvgIpc) is 2.49. The molecule has 0 aliphatic rings.